The fraction of sp³-hybridized carbons (Fsp3) is 0.235. The normalized spacial score (nSPS) is 9.96. The Bertz CT molecular complexity index is 677. The molecule has 0 atom stereocenters. The van der Waals surface area contributed by atoms with Gasteiger partial charge in [0.1, 0.15) is 23.9 Å². The lowest BCUT2D eigenvalue weighted by molar-refractivity contribution is 0.247. The highest BCUT2D eigenvalue weighted by atomic mass is 35.5. The molecule has 0 aromatic heterocycles. The first-order valence-electron chi connectivity index (χ1n) is 7.27. The summed E-state index contributed by atoms with van der Waals surface area (Å²) in [4.78, 5) is 11.8. The zero-order valence-corrected chi connectivity index (χ0v) is 14.2. The molecule has 0 fully saturated rings. The molecule has 2 aromatic rings. The summed E-state index contributed by atoms with van der Waals surface area (Å²) >= 11 is 6.00. The van der Waals surface area contributed by atoms with Crippen LogP contribution in [0.3, 0.4) is 0 Å². The SMILES string of the molecule is COc1ccc(OCCNC(=O)Nc2ccc(OC)c(Cl)c2)cc1. The largest absolute Gasteiger partial charge is 0.497 e. The van der Waals surface area contributed by atoms with Crippen molar-refractivity contribution in [3.63, 3.8) is 0 Å². The number of urea groups is 1. The maximum absolute atomic E-state index is 11.8. The van der Waals surface area contributed by atoms with Gasteiger partial charge < -0.3 is 24.8 Å². The second-order valence-corrected chi connectivity index (χ2v) is 5.16. The van der Waals surface area contributed by atoms with Crippen LogP contribution in [0.15, 0.2) is 42.5 Å². The van der Waals surface area contributed by atoms with E-state index in [2.05, 4.69) is 10.6 Å². The molecule has 0 radical (unpaired) electrons. The van der Waals surface area contributed by atoms with E-state index in [1.54, 1.807) is 37.4 Å². The smallest absolute Gasteiger partial charge is 0.319 e. The van der Waals surface area contributed by atoms with E-state index in [4.69, 9.17) is 25.8 Å². The van der Waals surface area contributed by atoms with Crippen LogP contribution in [0.5, 0.6) is 17.2 Å². The van der Waals surface area contributed by atoms with Crippen LogP contribution < -0.4 is 24.8 Å². The molecule has 128 valence electrons. The first-order chi connectivity index (χ1) is 11.6. The van der Waals surface area contributed by atoms with Gasteiger partial charge in [-0.25, -0.2) is 4.79 Å². The number of hydrogen-bond donors (Lipinski definition) is 2. The van der Waals surface area contributed by atoms with Gasteiger partial charge in [0, 0.05) is 5.69 Å². The van der Waals surface area contributed by atoms with Gasteiger partial charge in [0.25, 0.3) is 0 Å². The quantitative estimate of drug-likeness (QED) is 0.749. The number of anilines is 1. The van der Waals surface area contributed by atoms with Gasteiger partial charge in [-0.1, -0.05) is 11.6 Å². The number of hydrogen-bond acceptors (Lipinski definition) is 4. The first kappa shape index (κ1) is 17.7. The molecule has 6 nitrogen and oxygen atoms in total. The minimum absolute atomic E-state index is 0.338. The summed E-state index contributed by atoms with van der Waals surface area (Å²) in [6.45, 7) is 0.713. The third kappa shape index (κ3) is 5.24. The highest BCUT2D eigenvalue weighted by molar-refractivity contribution is 6.32. The predicted molar refractivity (Wildman–Crippen MR) is 93.5 cm³/mol. The van der Waals surface area contributed by atoms with Gasteiger partial charge in [0.05, 0.1) is 25.8 Å². The van der Waals surface area contributed by atoms with Gasteiger partial charge in [0.15, 0.2) is 0 Å². The Morgan fingerprint density at radius 1 is 1.04 bits per heavy atom. The Balaban J connectivity index is 1.72. The standard InChI is InChI=1S/C17H19ClN2O4/c1-22-13-4-6-14(7-5-13)24-10-9-19-17(21)20-12-3-8-16(23-2)15(18)11-12/h3-8,11H,9-10H2,1-2H3,(H2,19,20,21). The van der Waals surface area contributed by atoms with Crippen LogP contribution in [0.25, 0.3) is 0 Å². The molecule has 0 spiro atoms. The molecule has 2 amide bonds. The molecular formula is C17H19ClN2O4. The highest BCUT2D eigenvalue weighted by Crippen LogP contribution is 2.27. The van der Waals surface area contributed by atoms with Crippen molar-refractivity contribution >= 4 is 23.3 Å². The van der Waals surface area contributed by atoms with E-state index < -0.39 is 0 Å². The van der Waals surface area contributed by atoms with Crippen LogP contribution in [-0.4, -0.2) is 33.4 Å². The zero-order valence-electron chi connectivity index (χ0n) is 13.5. The number of carbonyl (C=O) groups excluding carboxylic acids is 1. The molecule has 2 rings (SSSR count). The van der Waals surface area contributed by atoms with Crippen molar-refractivity contribution in [2.45, 2.75) is 0 Å². The number of ether oxygens (including phenoxy) is 3. The van der Waals surface area contributed by atoms with Crippen molar-refractivity contribution in [1.29, 1.82) is 0 Å². The Morgan fingerprint density at radius 2 is 1.75 bits per heavy atom. The lowest BCUT2D eigenvalue weighted by Crippen LogP contribution is -2.32. The number of benzene rings is 2. The highest BCUT2D eigenvalue weighted by Gasteiger charge is 2.05. The zero-order chi connectivity index (χ0) is 17.4. The van der Waals surface area contributed by atoms with Crippen LogP contribution in [0.4, 0.5) is 10.5 Å². The number of methoxy groups -OCH3 is 2. The number of amides is 2. The van der Waals surface area contributed by atoms with Crippen molar-refractivity contribution in [2.75, 3.05) is 32.7 Å². The fourth-order valence-electron chi connectivity index (χ4n) is 1.92. The minimum Gasteiger partial charge on any atom is -0.497 e. The molecular weight excluding hydrogens is 332 g/mol. The maximum atomic E-state index is 11.8. The van der Waals surface area contributed by atoms with Crippen LogP contribution in [-0.2, 0) is 0 Å². The third-order valence-electron chi connectivity index (χ3n) is 3.13. The molecule has 0 aliphatic carbocycles. The second kappa shape index (κ2) is 8.88. The summed E-state index contributed by atoms with van der Waals surface area (Å²) in [6, 6.07) is 11.9. The molecule has 7 heteroatoms. The third-order valence-corrected chi connectivity index (χ3v) is 3.42. The average Bonchev–Trinajstić information content (AvgIpc) is 2.59. The van der Waals surface area contributed by atoms with Gasteiger partial charge >= 0.3 is 6.03 Å². The number of nitrogens with one attached hydrogen (secondary N) is 2. The van der Waals surface area contributed by atoms with Gasteiger partial charge in [-0.05, 0) is 42.5 Å². The summed E-state index contributed by atoms with van der Waals surface area (Å²) in [5.74, 6) is 2.02. The van der Waals surface area contributed by atoms with Crippen LogP contribution in [0, 0.1) is 0 Å². The van der Waals surface area contributed by atoms with Gasteiger partial charge in [-0.2, -0.15) is 0 Å². The number of rotatable bonds is 7. The van der Waals surface area contributed by atoms with Gasteiger partial charge in [-0.3, -0.25) is 0 Å². The predicted octanol–water partition coefficient (Wildman–Crippen LogP) is 3.56. The Hall–Kier alpha value is -2.60. The van der Waals surface area contributed by atoms with Crippen molar-refractivity contribution < 1.29 is 19.0 Å². The average molecular weight is 351 g/mol. The molecule has 0 aliphatic heterocycles. The van der Waals surface area contributed by atoms with E-state index in [9.17, 15) is 4.79 Å². The van der Waals surface area contributed by atoms with Gasteiger partial charge in [0.2, 0.25) is 0 Å². The van der Waals surface area contributed by atoms with Crippen molar-refractivity contribution in [2.24, 2.45) is 0 Å². The Kier molecular flexibility index (Phi) is 6.57. The van der Waals surface area contributed by atoms with Crippen LogP contribution >= 0.6 is 11.6 Å². The molecule has 0 saturated carbocycles. The second-order valence-electron chi connectivity index (χ2n) is 4.75. The van der Waals surface area contributed by atoms with E-state index in [1.807, 2.05) is 12.1 Å². The summed E-state index contributed by atoms with van der Waals surface area (Å²) in [5, 5.41) is 5.81. The topological polar surface area (TPSA) is 68.8 Å². The van der Waals surface area contributed by atoms with E-state index >= 15 is 0 Å². The summed E-state index contributed by atoms with van der Waals surface area (Å²) in [6.07, 6.45) is 0. The molecule has 2 N–H and O–H groups in total. The number of carbonyl (C=O) groups is 1. The Labute approximate surface area is 145 Å². The van der Waals surface area contributed by atoms with Crippen molar-refractivity contribution in [1.82, 2.24) is 5.32 Å². The molecule has 0 unspecified atom stereocenters. The Morgan fingerprint density at radius 3 is 2.38 bits per heavy atom. The minimum atomic E-state index is -0.338. The van der Waals surface area contributed by atoms with E-state index in [0.29, 0.717) is 35.4 Å². The van der Waals surface area contributed by atoms with E-state index in [0.717, 1.165) is 5.75 Å². The van der Waals surface area contributed by atoms with E-state index in [1.165, 1.54) is 7.11 Å². The summed E-state index contributed by atoms with van der Waals surface area (Å²) in [7, 11) is 3.14. The van der Waals surface area contributed by atoms with Crippen molar-refractivity contribution in [3.05, 3.63) is 47.5 Å². The lowest BCUT2D eigenvalue weighted by atomic mass is 10.3. The summed E-state index contributed by atoms with van der Waals surface area (Å²) in [5.41, 5.74) is 0.578. The fourth-order valence-corrected chi connectivity index (χ4v) is 2.18. The van der Waals surface area contributed by atoms with E-state index in [-0.39, 0.29) is 6.03 Å². The maximum Gasteiger partial charge on any atom is 0.319 e. The van der Waals surface area contributed by atoms with Gasteiger partial charge in [-0.15, -0.1) is 0 Å². The molecule has 24 heavy (non-hydrogen) atoms. The molecule has 0 aliphatic rings. The lowest BCUT2D eigenvalue weighted by Gasteiger charge is -2.10. The van der Waals surface area contributed by atoms with Crippen molar-refractivity contribution in [3.8, 4) is 17.2 Å². The molecule has 0 saturated heterocycles. The summed E-state index contributed by atoms with van der Waals surface area (Å²) < 4.78 is 15.6. The molecule has 2 aromatic carbocycles. The van der Waals surface area contributed by atoms with Crippen LogP contribution in [0.2, 0.25) is 5.02 Å². The number of halogens is 1. The molecule has 0 heterocycles. The van der Waals surface area contributed by atoms with Crippen LogP contribution in [0.1, 0.15) is 0 Å². The monoisotopic (exact) mass is 350 g/mol. The molecule has 0 bridgehead atoms. The first-order valence-corrected chi connectivity index (χ1v) is 7.65.